The van der Waals surface area contributed by atoms with Gasteiger partial charge in [-0.3, -0.25) is 9.59 Å². The fourth-order valence-electron chi connectivity index (χ4n) is 2.38. The highest BCUT2D eigenvalue weighted by molar-refractivity contribution is 5.92. The van der Waals surface area contributed by atoms with Crippen LogP contribution in [0, 0.1) is 0 Å². The largest absolute Gasteiger partial charge is 0.493 e. The third kappa shape index (κ3) is 4.38. The van der Waals surface area contributed by atoms with Crippen molar-refractivity contribution in [3.63, 3.8) is 0 Å². The minimum absolute atomic E-state index is 0.130. The summed E-state index contributed by atoms with van der Waals surface area (Å²) in [6.45, 7) is 0.572. The summed E-state index contributed by atoms with van der Waals surface area (Å²) in [5, 5.41) is 3.81. The summed E-state index contributed by atoms with van der Waals surface area (Å²) in [7, 11) is 0. The van der Waals surface area contributed by atoms with Gasteiger partial charge in [0.25, 0.3) is 0 Å². The summed E-state index contributed by atoms with van der Waals surface area (Å²) in [5.41, 5.74) is 6.38. The highest BCUT2D eigenvalue weighted by Crippen LogP contribution is 2.18. The number of fused-ring (bicyclic) bond motifs is 1. The minimum Gasteiger partial charge on any atom is -0.493 e. The fraction of sp³-hybridized carbons (Fsp3) is 0.158. The average molecular weight is 338 g/mol. The van der Waals surface area contributed by atoms with E-state index >= 15 is 0 Å². The van der Waals surface area contributed by atoms with Gasteiger partial charge in [0.05, 0.1) is 19.6 Å². The van der Waals surface area contributed by atoms with Gasteiger partial charge in [-0.05, 0) is 36.4 Å². The van der Waals surface area contributed by atoms with Gasteiger partial charge in [0, 0.05) is 10.9 Å². The van der Waals surface area contributed by atoms with E-state index in [1.807, 2.05) is 30.3 Å². The molecule has 6 nitrogen and oxygen atoms in total. The van der Waals surface area contributed by atoms with Gasteiger partial charge in [0.2, 0.25) is 11.8 Å². The Balaban J connectivity index is 1.42. The number of hydrogen-bond donors (Lipinski definition) is 2. The van der Waals surface area contributed by atoms with Crippen LogP contribution in [0.2, 0.25) is 0 Å². The molecule has 0 spiro atoms. The Morgan fingerprint density at radius 2 is 1.84 bits per heavy atom. The number of ether oxygens (including phenoxy) is 1. The summed E-state index contributed by atoms with van der Waals surface area (Å²) < 4.78 is 11.1. The quantitative estimate of drug-likeness (QED) is 0.692. The van der Waals surface area contributed by atoms with Crippen LogP contribution in [0.25, 0.3) is 11.0 Å². The molecule has 3 aromatic rings. The van der Waals surface area contributed by atoms with E-state index in [-0.39, 0.29) is 18.9 Å². The molecule has 0 radical (unpaired) electrons. The molecule has 3 rings (SSSR count). The maximum Gasteiger partial charge on any atom is 0.248 e. The van der Waals surface area contributed by atoms with Gasteiger partial charge in [-0.25, -0.2) is 0 Å². The first-order chi connectivity index (χ1) is 12.1. The standard InChI is InChI=1S/C19H18N2O4/c20-19(23)13-5-7-15(8-6-13)24-10-9-18(22)21-12-16-11-14-3-1-2-4-17(14)25-16/h1-8,11H,9-10,12H2,(H2,20,23)(H,21,22). The zero-order valence-electron chi connectivity index (χ0n) is 13.5. The Morgan fingerprint density at radius 3 is 2.56 bits per heavy atom. The van der Waals surface area contributed by atoms with Crippen LogP contribution in [0.15, 0.2) is 59.0 Å². The third-order valence-electron chi connectivity index (χ3n) is 3.67. The van der Waals surface area contributed by atoms with Crippen LogP contribution in [-0.4, -0.2) is 18.4 Å². The van der Waals surface area contributed by atoms with E-state index in [0.29, 0.717) is 23.6 Å². The second-order valence-electron chi connectivity index (χ2n) is 5.51. The lowest BCUT2D eigenvalue weighted by atomic mass is 10.2. The Bertz CT molecular complexity index is 851. The Morgan fingerprint density at radius 1 is 1.08 bits per heavy atom. The minimum atomic E-state index is -0.489. The van der Waals surface area contributed by atoms with Crippen LogP contribution in [0.1, 0.15) is 22.5 Å². The van der Waals surface area contributed by atoms with Gasteiger partial charge in [-0.1, -0.05) is 18.2 Å². The molecular weight excluding hydrogens is 320 g/mol. The highest BCUT2D eigenvalue weighted by atomic mass is 16.5. The van der Waals surface area contributed by atoms with Crippen LogP contribution in [-0.2, 0) is 11.3 Å². The van der Waals surface area contributed by atoms with E-state index in [1.165, 1.54) is 0 Å². The molecule has 2 aromatic carbocycles. The predicted molar refractivity (Wildman–Crippen MR) is 93.1 cm³/mol. The van der Waals surface area contributed by atoms with Crippen LogP contribution in [0.3, 0.4) is 0 Å². The number of nitrogens with one attached hydrogen (secondary N) is 1. The van der Waals surface area contributed by atoms with E-state index < -0.39 is 5.91 Å². The van der Waals surface area contributed by atoms with Crippen molar-refractivity contribution in [2.45, 2.75) is 13.0 Å². The number of nitrogens with two attached hydrogens (primary N) is 1. The van der Waals surface area contributed by atoms with E-state index in [4.69, 9.17) is 14.9 Å². The van der Waals surface area contributed by atoms with Crippen molar-refractivity contribution < 1.29 is 18.7 Å². The van der Waals surface area contributed by atoms with Gasteiger partial charge in [-0.15, -0.1) is 0 Å². The number of primary amides is 1. The van der Waals surface area contributed by atoms with Crippen molar-refractivity contribution in [3.8, 4) is 5.75 Å². The zero-order valence-corrected chi connectivity index (χ0v) is 13.5. The van der Waals surface area contributed by atoms with Crippen molar-refractivity contribution >= 4 is 22.8 Å². The Hall–Kier alpha value is -3.28. The molecule has 0 fully saturated rings. The molecule has 3 N–H and O–H groups in total. The van der Waals surface area contributed by atoms with Crippen LogP contribution in [0.4, 0.5) is 0 Å². The zero-order chi connectivity index (χ0) is 17.6. The van der Waals surface area contributed by atoms with Crippen LogP contribution in [0.5, 0.6) is 5.75 Å². The maximum atomic E-state index is 11.9. The average Bonchev–Trinajstić information content (AvgIpc) is 3.03. The summed E-state index contributed by atoms with van der Waals surface area (Å²) in [6, 6.07) is 16.1. The Labute approximate surface area is 144 Å². The van der Waals surface area contributed by atoms with Gasteiger partial charge in [-0.2, -0.15) is 0 Å². The molecule has 0 aliphatic carbocycles. The topological polar surface area (TPSA) is 94.6 Å². The predicted octanol–water partition coefficient (Wildman–Crippen LogP) is 2.62. The molecule has 0 bridgehead atoms. The van der Waals surface area contributed by atoms with E-state index in [1.54, 1.807) is 24.3 Å². The number of carbonyl (C=O) groups is 2. The molecule has 0 saturated carbocycles. The second kappa shape index (κ2) is 7.53. The molecule has 25 heavy (non-hydrogen) atoms. The number of para-hydroxylation sites is 1. The van der Waals surface area contributed by atoms with Crippen molar-refractivity contribution in [2.75, 3.05) is 6.61 Å². The monoisotopic (exact) mass is 338 g/mol. The molecular formula is C19H18N2O4. The normalized spacial score (nSPS) is 10.6. The van der Waals surface area contributed by atoms with E-state index in [0.717, 1.165) is 11.0 Å². The van der Waals surface area contributed by atoms with Crippen molar-refractivity contribution in [1.29, 1.82) is 0 Å². The molecule has 0 atom stereocenters. The molecule has 128 valence electrons. The second-order valence-corrected chi connectivity index (χ2v) is 5.51. The summed E-state index contributed by atoms with van der Waals surface area (Å²) in [5.74, 6) is 0.665. The summed E-state index contributed by atoms with van der Waals surface area (Å²) >= 11 is 0. The molecule has 1 heterocycles. The fourth-order valence-corrected chi connectivity index (χ4v) is 2.38. The SMILES string of the molecule is NC(=O)c1ccc(OCCC(=O)NCc2cc3ccccc3o2)cc1. The first-order valence-corrected chi connectivity index (χ1v) is 7.88. The molecule has 1 aromatic heterocycles. The summed E-state index contributed by atoms with van der Waals surface area (Å²) in [6.07, 6.45) is 0.220. The Kier molecular flexibility index (Phi) is 4.99. The maximum absolute atomic E-state index is 11.9. The van der Waals surface area contributed by atoms with E-state index in [2.05, 4.69) is 5.32 Å². The molecule has 0 unspecified atom stereocenters. The first kappa shape index (κ1) is 16.6. The first-order valence-electron chi connectivity index (χ1n) is 7.88. The van der Waals surface area contributed by atoms with Gasteiger partial charge in [0.1, 0.15) is 17.1 Å². The molecule has 0 saturated heterocycles. The lowest BCUT2D eigenvalue weighted by Gasteiger charge is -2.07. The number of benzene rings is 2. The number of amides is 2. The van der Waals surface area contributed by atoms with Gasteiger partial charge in [0.15, 0.2) is 0 Å². The van der Waals surface area contributed by atoms with E-state index in [9.17, 15) is 9.59 Å². The van der Waals surface area contributed by atoms with Crippen molar-refractivity contribution in [1.82, 2.24) is 5.32 Å². The molecule has 0 aliphatic rings. The lowest BCUT2D eigenvalue weighted by Crippen LogP contribution is -2.24. The van der Waals surface area contributed by atoms with Crippen LogP contribution < -0.4 is 15.8 Å². The molecule has 6 heteroatoms. The number of hydrogen-bond acceptors (Lipinski definition) is 4. The highest BCUT2D eigenvalue weighted by Gasteiger charge is 2.06. The molecule has 2 amide bonds. The van der Waals surface area contributed by atoms with Crippen molar-refractivity contribution in [3.05, 3.63) is 65.9 Å². The number of rotatable bonds is 7. The third-order valence-corrected chi connectivity index (χ3v) is 3.67. The number of furan rings is 1. The molecule has 0 aliphatic heterocycles. The van der Waals surface area contributed by atoms with Gasteiger partial charge >= 0.3 is 0 Å². The smallest absolute Gasteiger partial charge is 0.248 e. The lowest BCUT2D eigenvalue weighted by molar-refractivity contribution is -0.121. The van der Waals surface area contributed by atoms with Crippen LogP contribution >= 0.6 is 0 Å². The van der Waals surface area contributed by atoms with Gasteiger partial charge < -0.3 is 20.2 Å². The summed E-state index contributed by atoms with van der Waals surface area (Å²) in [4.78, 5) is 22.9. The number of carbonyl (C=O) groups excluding carboxylic acids is 2. The van der Waals surface area contributed by atoms with Crippen molar-refractivity contribution in [2.24, 2.45) is 5.73 Å².